The van der Waals surface area contributed by atoms with Gasteiger partial charge in [0.25, 0.3) is 5.91 Å². The molecule has 1 fully saturated rings. The predicted octanol–water partition coefficient (Wildman–Crippen LogP) is 4.50. The molecule has 0 atom stereocenters. The number of anilines is 1. The van der Waals surface area contributed by atoms with Crippen LogP contribution < -0.4 is 5.32 Å². The molecule has 1 N–H and O–H groups in total. The summed E-state index contributed by atoms with van der Waals surface area (Å²) in [5, 5.41) is 12.4. The van der Waals surface area contributed by atoms with Crippen LogP contribution in [-0.4, -0.2) is 23.1 Å². The van der Waals surface area contributed by atoms with Crippen molar-refractivity contribution < 1.29 is 14.3 Å². The summed E-state index contributed by atoms with van der Waals surface area (Å²) in [6, 6.07) is 8.02. The highest BCUT2D eigenvalue weighted by molar-refractivity contribution is 5.96. The summed E-state index contributed by atoms with van der Waals surface area (Å²) in [5.74, 6) is -0.459. The Labute approximate surface area is 171 Å². The number of nitrogens with zero attached hydrogens (tertiary/aromatic N) is 2. The number of rotatable bonds is 5. The second kappa shape index (κ2) is 8.52. The molecule has 0 aliphatic heterocycles. The number of aryl methyl sites for hydroxylation is 2. The van der Waals surface area contributed by atoms with Gasteiger partial charge in [-0.2, -0.15) is 5.26 Å². The van der Waals surface area contributed by atoms with Crippen LogP contribution in [0.3, 0.4) is 0 Å². The Hall–Kier alpha value is -3.07. The lowest BCUT2D eigenvalue weighted by molar-refractivity contribution is -0.119. The van der Waals surface area contributed by atoms with Crippen LogP contribution in [0.25, 0.3) is 0 Å². The molecule has 0 bridgehead atoms. The van der Waals surface area contributed by atoms with Crippen LogP contribution in [0.2, 0.25) is 0 Å². The molecule has 0 spiro atoms. The van der Waals surface area contributed by atoms with Gasteiger partial charge < -0.3 is 14.6 Å². The first kappa shape index (κ1) is 20.7. The third-order valence-electron chi connectivity index (χ3n) is 5.76. The number of nitriles is 1. The maximum absolute atomic E-state index is 12.5. The van der Waals surface area contributed by atoms with Gasteiger partial charge in [0, 0.05) is 11.7 Å². The topological polar surface area (TPSA) is 84.1 Å². The van der Waals surface area contributed by atoms with Gasteiger partial charge in [0.2, 0.25) is 0 Å². The average Bonchev–Trinajstić information content (AvgIpc) is 3.29. The number of amides is 1. The summed E-state index contributed by atoms with van der Waals surface area (Å²) in [7, 11) is 0. The largest absolute Gasteiger partial charge is 0.452 e. The van der Waals surface area contributed by atoms with Crippen LogP contribution in [-0.2, 0) is 9.53 Å². The van der Waals surface area contributed by atoms with E-state index in [1.54, 1.807) is 6.07 Å². The monoisotopic (exact) mass is 393 g/mol. The maximum Gasteiger partial charge on any atom is 0.338 e. The Morgan fingerprint density at radius 2 is 1.90 bits per heavy atom. The van der Waals surface area contributed by atoms with Crippen LogP contribution >= 0.6 is 0 Å². The highest BCUT2D eigenvalue weighted by atomic mass is 16.5. The van der Waals surface area contributed by atoms with Crippen molar-refractivity contribution in [3.63, 3.8) is 0 Å². The van der Waals surface area contributed by atoms with E-state index in [0.29, 0.717) is 16.9 Å². The molecule has 29 heavy (non-hydrogen) atoms. The Morgan fingerprint density at radius 3 is 2.55 bits per heavy atom. The third-order valence-corrected chi connectivity index (χ3v) is 5.76. The van der Waals surface area contributed by atoms with Crippen molar-refractivity contribution in [1.82, 2.24) is 4.57 Å². The van der Waals surface area contributed by atoms with E-state index in [2.05, 4.69) is 16.0 Å². The average molecular weight is 393 g/mol. The molecule has 6 heteroatoms. The summed E-state index contributed by atoms with van der Waals surface area (Å²) < 4.78 is 7.31. The normalized spacial score (nSPS) is 13.9. The fraction of sp³-hybridized carbons (Fsp3) is 0.435. The van der Waals surface area contributed by atoms with Crippen molar-refractivity contribution in [3.8, 4) is 6.07 Å². The molecule has 0 unspecified atom stereocenters. The molecular formula is C23H27N3O3. The number of aromatic nitrogens is 1. The molecule has 1 aromatic heterocycles. The van der Waals surface area contributed by atoms with E-state index >= 15 is 0 Å². The quantitative estimate of drug-likeness (QED) is 0.758. The number of nitrogens with one attached hydrogen (secondary N) is 1. The van der Waals surface area contributed by atoms with Gasteiger partial charge in [0.05, 0.1) is 11.1 Å². The molecule has 1 aliphatic rings. The Morgan fingerprint density at radius 1 is 1.21 bits per heavy atom. The Balaban J connectivity index is 1.75. The molecule has 1 heterocycles. The van der Waals surface area contributed by atoms with Gasteiger partial charge in [0.1, 0.15) is 11.9 Å². The first-order chi connectivity index (χ1) is 13.8. The van der Waals surface area contributed by atoms with Gasteiger partial charge >= 0.3 is 5.97 Å². The van der Waals surface area contributed by atoms with Crippen molar-refractivity contribution >= 4 is 17.7 Å². The zero-order valence-corrected chi connectivity index (χ0v) is 17.5. The van der Waals surface area contributed by atoms with Gasteiger partial charge in [-0.25, -0.2) is 4.79 Å². The predicted molar refractivity (Wildman–Crippen MR) is 111 cm³/mol. The van der Waals surface area contributed by atoms with Crippen LogP contribution in [0, 0.1) is 39.0 Å². The third kappa shape index (κ3) is 4.19. The van der Waals surface area contributed by atoms with E-state index in [0.717, 1.165) is 48.1 Å². The molecule has 1 amide bonds. The lowest BCUT2D eigenvalue weighted by atomic mass is 10.1. The van der Waals surface area contributed by atoms with Crippen molar-refractivity contribution in [2.75, 3.05) is 11.9 Å². The summed E-state index contributed by atoms with van der Waals surface area (Å²) in [6.45, 7) is 7.20. The molecule has 0 radical (unpaired) electrons. The van der Waals surface area contributed by atoms with E-state index in [1.807, 2.05) is 39.8 Å². The maximum atomic E-state index is 12.5. The highest BCUT2D eigenvalue weighted by Gasteiger charge is 2.27. The smallest absolute Gasteiger partial charge is 0.338 e. The van der Waals surface area contributed by atoms with Crippen molar-refractivity contribution in [1.29, 1.82) is 5.26 Å². The standard InChI is InChI=1S/C23H27N3O3/c1-14-9-10-15(2)19(11-14)23(28)29-13-21(27)25-22-20(12-24)16(3)17(4)26(22)18-7-5-6-8-18/h9-11,18H,5-8,13H2,1-4H3,(H,25,27). The number of benzene rings is 1. The minimum Gasteiger partial charge on any atom is -0.452 e. The van der Waals surface area contributed by atoms with Gasteiger partial charge in [-0.15, -0.1) is 0 Å². The summed E-state index contributed by atoms with van der Waals surface area (Å²) in [4.78, 5) is 24.9. The molecule has 1 aliphatic carbocycles. The van der Waals surface area contributed by atoms with E-state index < -0.39 is 18.5 Å². The number of esters is 1. The number of hydrogen-bond acceptors (Lipinski definition) is 4. The molecular weight excluding hydrogens is 366 g/mol. The second-order valence-corrected chi connectivity index (χ2v) is 7.80. The lowest BCUT2D eigenvalue weighted by Crippen LogP contribution is -2.24. The van der Waals surface area contributed by atoms with Crippen molar-refractivity contribution in [2.45, 2.75) is 59.4 Å². The van der Waals surface area contributed by atoms with E-state index in [1.165, 1.54) is 0 Å². The Kier molecular flexibility index (Phi) is 6.07. The first-order valence-corrected chi connectivity index (χ1v) is 9.99. The number of carbonyl (C=O) groups is 2. The number of carbonyl (C=O) groups excluding carboxylic acids is 2. The van der Waals surface area contributed by atoms with Crippen LogP contribution in [0.5, 0.6) is 0 Å². The van der Waals surface area contributed by atoms with Gasteiger partial charge in [0.15, 0.2) is 6.61 Å². The summed E-state index contributed by atoms with van der Waals surface area (Å²) in [5.41, 5.74) is 4.55. The van der Waals surface area contributed by atoms with E-state index in [-0.39, 0.29) is 6.04 Å². The van der Waals surface area contributed by atoms with Gasteiger partial charge in [-0.3, -0.25) is 4.79 Å². The number of ether oxygens (including phenoxy) is 1. The molecule has 3 rings (SSSR count). The minimum absolute atomic E-state index is 0.281. The molecule has 1 saturated carbocycles. The van der Waals surface area contributed by atoms with Gasteiger partial charge in [-0.1, -0.05) is 30.5 Å². The van der Waals surface area contributed by atoms with Crippen LogP contribution in [0.1, 0.15) is 70.0 Å². The van der Waals surface area contributed by atoms with Crippen LogP contribution in [0.4, 0.5) is 5.82 Å². The molecule has 2 aromatic rings. The van der Waals surface area contributed by atoms with Crippen molar-refractivity contribution in [3.05, 3.63) is 51.7 Å². The van der Waals surface area contributed by atoms with Crippen molar-refractivity contribution in [2.24, 2.45) is 0 Å². The molecule has 152 valence electrons. The SMILES string of the molecule is Cc1ccc(C)c(C(=O)OCC(=O)Nc2c(C#N)c(C)c(C)n2C2CCCC2)c1. The van der Waals surface area contributed by atoms with E-state index in [4.69, 9.17) is 4.74 Å². The zero-order chi connectivity index (χ0) is 21.1. The molecule has 6 nitrogen and oxygen atoms in total. The fourth-order valence-electron chi connectivity index (χ4n) is 4.04. The Bertz CT molecular complexity index is 992. The van der Waals surface area contributed by atoms with E-state index in [9.17, 15) is 14.9 Å². The molecule has 0 saturated heterocycles. The minimum atomic E-state index is -0.527. The molecule has 1 aromatic carbocycles. The number of hydrogen-bond donors (Lipinski definition) is 1. The lowest BCUT2D eigenvalue weighted by Gasteiger charge is -2.19. The summed E-state index contributed by atoms with van der Waals surface area (Å²) >= 11 is 0. The highest BCUT2D eigenvalue weighted by Crippen LogP contribution is 2.37. The van der Waals surface area contributed by atoms with Gasteiger partial charge in [-0.05, 0) is 57.7 Å². The second-order valence-electron chi connectivity index (χ2n) is 7.80. The zero-order valence-electron chi connectivity index (χ0n) is 17.5. The first-order valence-electron chi connectivity index (χ1n) is 9.99. The fourth-order valence-corrected chi connectivity index (χ4v) is 4.04. The summed E-state index contributed by atoms with van der Waals surface area (Å²) in [6.07, 6.45) is 4.35. The van der Waals surface area contributed by atoms with Crippen LogP contribution in [0.15, 0.2) is 18.2 Å².